The van der Waals surface area contributed by atoms with Crippen molar-refractivity contribution in [3.05, 3.63) is 69.9 Å². The summed E-state index contributed by atoms with van der Waals surface area (Å²) in [6.45, 7) is 3.55. The number of ether oxygens (including phenoxy) is 1. The lowest BCUT2D eigenvalue weighted by Gasteiger charge is -2.25. The van der Waals surface area contributed by atoms with E-state index in [-0.39, 0.29) is 10.0 Å². The molecule has 0 N–H and O–H groups in total. The van der Waals surface area contributed by atoms with Crippen LogP contribution in [0, 0.1) is 11.6 Å². The van der Waals surface area contributed by atoms with Crippen LogP contribution in [0.3, 0.4) is 0 Å². The quantitative estimate of drug-likeness (QED) is 0.512. The third-order valence-corrected chi connectivity index (χ3v) is 5.13. The molecule has 2 aromatic carbocycles. The van der Waals surface area contributed by atoms with Gasteiger partial charge in [-0.15, -0.1) is 0 Å². The predicted molar refractivity (Wildman–Crippen MR) is 106 cm³/mol. The first-order valence-electron chi connectivity index (χ1n) is 8.84. The number of hydrogen-bond acceptors (Lipinski definition) is 3. The maximum absolute atomic E-state index is 13.9. The van der Waals surface area contributed by atoms with Crippen LogP contribution in [0.25, 0.3) is 22.5 Å². The summed E-state index contributed by atoms with van der Waals surface area (Å²) in [4.78, 5) is 2.21. The highest BCUT2D eigenvalue weighted by Gasteiger charge is 2.20. The molecular weight excluding hydrogens is 407 g/mol. The van der Waals surface area contributed by atoms with Gasteiger partial charge in [-0.2, -0.15) is 0 Å². The fourth-order valence-corrected chi connectivity index (χ4v) is 3.68. The average molecular weight is 424 g/mol. The van der Waals surface area contributed by atoms with Crippen LogP contribution >= 0.6 is 23.2 Å². The molecule has 7 heteroatoms. The Bertz CT molecular complexity index is 980. The van der Waals surface area contributed by atoms with Gasteiger partial charge in [0.1, 0.15) is 23.2 Å². The summed E-state index contributed by atoms with van der Waals surface area (Å²) < 4.78 is 39.0. The molecule has 0 atom stereocenters. The zero-order valence-corrected chi connectivity index (χ0v) is 16.4. The van der Waals surface area contributed by atoms with Crippen LogP contribution in [0.2, 0.25) is 10.0 Å². The minimum atomic E-state index is -0.513. The molecule has 0 spiro atoms. The predicted octanol–water partition coefficient (Wildman–Crippen LogP) is 6.03. The minimum absolute atomic E-state index is 0.00754. The van der Waals surface area contributed by atoms with Gasteiger partial charge in [0, 0.05) is 29.2 Å². The first-order chi connectivity index (χ1) is 13.5. The van der Waals surface area contributed by atoms with Gasteiger partial charge in [-0.25, -0.2) is 8.78 Å². The first kappa shape index (κ1) is 19.4. The molecule has 2 heterocycles. The standard InChI is InChI=1S/C21H17Cl2F2NO2/c22-15-7-14(8-16(24)10-15)18-11-17(12-26-3-5-27-6-4-26)28-21(18)13-1-2-20(25)19(23)9-13/h1-2,7-11H,3-6,12H2. The molecule has 146 valence electrons. The molecule has 28 heavy (non-hydrogen) atoms. The molecule has 0 saturated carbocycles. The lowest BCUT2D eigenvalue weighted by Crippen LogP contribution is -2.35. The summed E-state index contributed by atoms with van der Waals surface area (Å²) in [5.74, 6) is 0.252. The molecule has 1 aliphatic heterocycles. The van der Waals surface area contributed by atoms with Crippen LogP contribution in [0.15, 0.2) is 46.9 Å². The molecule has 1 saturated heterocycles. The summed E-state index contributed by atoms with van der Waals surface area (Å²) in [5.41, 5.74) is 1.86. The highest BCUT2D eigenvalue weighted by Crippen LogP contribution is 2.38. The van der Waals surface area contributed by atoms with E-state index in [0.717, 1.165) is 13.1 Å². The number of benzene rings is 2. The van der Waals surface area contributed by atoms with Gasteiger partial charge >= 0.3 is 0 Å². The van der Waals surface area contributed by atoms with Crippen LogP contribution in [0.4, 0.5) is 8.78 Å². The number of nitrogens with zero attached hydrogens (tertiary/aromatic N) is 1. The van der Waals surface area contributed by atoms with E-state index < -0.39 is 11.6 Å². The molecular formula is C21H17Cl2F2NO2. The third kappa shape index (κ3) is 4.23. The van der Waals surface area contributed by atoms with E-state index >= 15 is 0 Å². The molecule has 0 amide bonds. The summed E-state index contributed by atoms with van der Waals surface area (Å²) >= 11 is 12.0. The van der Waals surface area contributed by atoms with E-state index in [4.69, 9.17) is 32.4 Å². The number of halogens is 4. The van der Waals surface area contributed by atoms with Crippen LogP contribution in [-0.4, -0.2) is 31.2 Å². The van der Waals surface area contributed by atoms with Crippen LogP contribution in [0.1, 0.15) is 5.76 Å². The smallest absolute Gasteiger partial charge is 0.142 e. The maximum atomic E-state index is 13.9. The van der Waals surface area contributed by atoms with Crippen LogP contribution in [-0.2, 0) is 11.3 Å². The molecule has 0 radical (unpaired) electrons. The van der Waals surface area contributed by atoms with Crippen LogP contribution in [0.5, 0.6) is 0 Å². The fraction of sp³-hybridized carbons (Fsp3) is 0.238. The van der Waals surface area contributed by atoms with Gasteiger partial charge in [-0.1, -0.05) is 23.2 Å². The second-order valence-electron chi connectivity index (χ2n) is 6.63. The lowest BCUT2D eigenvalue weighted by atomic mass is 10.0. The molecule has 1 fully saturated rings. The van der Waals surface area contributed by atoms with Gasteiger partial charge in [0.2, 0.25) is 0 Å². The Balaban J connectivity index is 1.78. The molecule has 0 aliphatic carbocycles. The van der Waals surface area contributed by atoms with Gasteiger partial charge in [-0.3, -0.25) is 4.90 Å². The number of furan rings is 1. The zero-order valence-electron chi connectivity index (χ0n) is 14.9. The fourth-order valence-electron chi connectivity index (χ4n) is 3.28. The Morgan fingerprint density at radius 1 is 0.929 bits per heavy atom. The van der Waals surface area contributed by atoms with E-state index in [1.54, 1.807) is 12.1 Å². The lowest BCUT2D eigenvalue weighted by molar-refractivity contribution is 0.0314. The third-order valence-electron chi connectivity index (χ3n) is 4.62. The normalized spacial score (nSPS) is 15.1. The van der Waals surface area contributed by atoms with Crippen molar-refractivity contribution in [1.82, 2.24) is 4.90 Å². The Morgan fingerprint density at radius 3 is 2.43 bits per heavy atom. The van der Waals surface area contributed by atoms with Gasteiger partial charge in [-0.05, 0) is 48.0 Å². The first-order valence-corrected chi connectivity index (χ1v) is 9.60. The molecule has 3 nitrogen and oxygen atoms in total. The van der Waals surface area contributed by atoms with Crippen LogP contribution < -0.4 is 0 Å². The van der Waals surface area contributed by atoms with E-state index in [9.17, 15) is 8.78 Å². The highest BCUT2D eigenvalue weighted by molar-refractivity contribution is 6.31. The number of morpholine rings is 1. The van der Waals surface area contributed by atoms with E-state index in [2.05, 4.69) is 4.90 Å². The van der Waals surface area contributed by atoms with E-state index in [1.807, 2.05) is 6.07 Å². The zero-order chi connectivity index (χ0) is 19.7. The average Bonchev–Trinajstić information content (AvgIpc) is 3.08. The van der Waals surface area contributed by atoms with Crippen molar-refractivity contribution in [2.45, 2.75) is 6.54 Å². The van der Waals surface area contributed by atoms with Crippen molar-refractivity contribution in [3.8, 4) is 22.5 Å². The van der Waals surface area contributed by atoms with E-state index in [1.165, 1.54) is 24.3 Å². The summed E-state index contributed by atoms with van der Waals surface area (Å²) in [6.07, 6.45) is 0. The Morgan fingerprint density at radius 2 is 1.71 bits per heavy atom. The summed E-state index contributed by atoms with van der Waals surface area (Å²) in [7, 11) is 0. The molecule has 0 unspecified atom stereocenters. The van der Waals surface area contributed by atoms with Crippen molar-refractivity contribution in [3.63, 3.8) is 0 Å². The topological polar surface area (TPSA) is 25.6 Å². The molecule has 3 aromatic rings. The maximum Gasteiger partial charge on any atom is 0.142 e. The second-order valence-corrected chi connectivity index (χ2v) is 7.47. The van der Waals surface area contributed by atoms with Crippen molar-refractivity contribution in [2.24, 2.45) is 0 Å². The molecule has 1 aliphatic rings. The van der Waals surface area contributed by atoms with Gasteiger partial charge in [0.25, 0.3) is 0 Å². The monoisotopic (exact) mass is 423 g/mol. The summed E-state index contributed by atoms with van der Waals surface area (Å²) in [5, 5.41) is 0.279. The largest absolute Gasteiger partial charge is 0.459 e. The van der Waals surface area contributed by atoms with Crippen molar-refractivity contribution < 1.29 is 17.9 Å². The van der Waals surface area contributed by atoms with Gasteiger partial charge in [0.15, 0.2) is 0 Å². The molecule has 0 bridgehead atoms. The Labute approximate surface area is 171 Å². The highest BCUT2D eigenvalue weighted by atomic mass is 35.5. The molecule has 4 rings (SSSR count). The molecule has 1 aromatic heterocycles. The second kappa shape index (κ2) is 8.21. The van der Waals surface area contributed by atoms with E-state index in [0.29, 0.717) is 48.0 Å². The van der Waals surface area contributed by atoms with Gasteiger partial charge < -0.3 is 9.15 Å². The van der Waals surface area contributed by atoms with Crippen molar-refractivity contribution in [2.75, 3.05) is 26.3 Å². The van der Waals surface area contributed by atoms with Crippen molar-refractivity contribution in [1.29, 1.82) is 0 Å². The minimum Gasteiger partial charge on any atom is -0.459 e. The Kier molecular flexibility index (Phi) is 5.69. The van der Waals surface area contributed by atoms with Gasteiger partial charge in [0.05, 0.1) is 24.8 Å². The number of rotatable bonds is 4. The SMILES string of the molecule is Fc1cc(Cl)cc(-c2cc(CN3CCOCC3)oc2-c2ccc(F)c(Cl)c2)c1. The van der Waals surface area contributed by atoms with Crippen molar-refractivity contribution >= 4 is 23.2 Å². The summed E-state index contributed by atoms with van der Waals surface area (Å²) in [6, 6.07) is 10.5. The number of hydrogen-bond donors (Lipinski definition) is 0. The Hall–Kier alpha value is -1.92.